The molecule has 36 heavy (non-hydrogen) atoms. The first-order valence-electron chi connectivity index (χ1n) is 12.0. The third kappa shape index (κ3) is 5.85. The lowest BCUT2D eigenvalue weighted by molar-refractivity contribution is -0.117. The number of pyridine rings is 1. The number of hydrogen-bond donors (Lipinski definition) is 3. The fourth-order valence-electron chi connectivity index (χ4n) is 4.30. The van der Waals surface area contributed by atoms with E-state index in [1.807, 2.05) is 80.6 Å². The maximum Gasteiger partial charge on any atom is 0.234 e. The van der Waals surface area contributed by atoms with Crippen molar-refractivity contribution in [3.63, 3.8) is 0 Å². The van der Waals surface area contributed by atoms with Crippen LogP contribution in [0.4, 0.5) is 5.82 Å². The highest BCUT2D eigenvalue weighted by atomic mass is 16.2. The summed E-state index contributed by atoms with van der Waals surface area (Å²) in [7, 11) is 0. The van der Waals surface area contributed by atoms with Crippen molar-refractivity contribution in [1.29, 1.82) is 5.26 Å². The number of hydrogen-bond acceptors (Lipinski definition) is 5. The van der Waals surface area contributed by atoms with E-state index in [2.05, 4.69) is 38.8 Å². The lowest BCUT2D eigenvalue weighted by Gasteiger charge is -2.20. The molecule has 7 heteroatoms. The van der Waals surface area contributed by atoms with Crippen molar-refractivity contribution in [2.24, 2.45) is 0 Å². The van der Waals surface area contributed by atoms with Crippen LogP contribution in [0, 0.1) is 25.2 Å². The molecule has 0 aliphatic rings. The van der Waals surface area contributed by atoms with E-state index in [1.165, 1.54) is 0 Å². The van der Waals surface area contributed by atoms with Crippen LogP contribution < -0.4 is 10.6 Å². The molecule has 1 amide bonds. The third-order valence-electron chi connectivity index (χ3n) is 6.36. The van der Waals surface area contributed by atoms with Crippen molar-refractivity contribution in [2.45, 2.75) is 32.6 Å². The summed E-state index contributed by atoms with van der Waals surface area (Å²) in [6.07, 6.45) is 1.76. The minimum Gasteiger partial charge on any atom is -0.315 e. The van der Waals surface area contributed by atoms with Gasteiger partial charge in [0.2, 0.25) is 5.91 Å². The molecular formula is C29H30N6O. The van der Waals surface area contributed by atoms with E-state index in [0.29, 0.717) is 24.5 Å². The number of aryl methyl sites for hydroxylation is 2. The van der Waals surface area contributed by atoms with Gasteiger partial charge in [-0.05, 0) is 55.2 Å². The van der Waals surface area contributed by atoms with Crippen LogP contribution in [0.2, 0.25) is 0 Å². The van der Waals surface area contributed by atoms with Crippen LogP contribution in [0.5, 0.6) is 0 Å². The molecule has 7 nitrogen and oxygen atoms in total. The number of benzene rings is 2. The van der Waals surface area contributed by atoms with Gasteiger partial charge in [-0.2, -0.15) is 10.4 Å². The van der Waals surface area contributed by atoms with E-state index >= 15 is 0 Å². The van der Waals surface area contributed by atoms with Crippen LogP contribution in [-0.2, 0) is 4.79 Å². The number of H-pyrrole nitrogens is 1. The minimum atomic E-state index is -0.376. The Labute approximate surface area is 211 Å². The maximum absolute atomic E-state index is 13.3. The first-order chi connectivity index (χ1) is 17.5. The molecule has 0 aliphatic heterocycles. The topological polar surface area (TPSA) is 106 Å². The van der Waals surface area contributed by atoms with E-state index in [0.717, 1.165) is 33.6 Å². The Bertz CT molecular complexity index is 1320. The van der Waals surface area contributed by atoms with Crippen LogP contribution in [-0.4, -0.2) is 34.2 Å². The van der Waals surface area contributed by atoms with E-state index in [-0.39, 0.29) is 17.7 Å². The van der Waals surface area contributed by atoms with Crippen LogP contribution >= 0.6 is 0 Å². The molecular weight excluding hydrogens is 448 g/mol. The number of carbonyl (C=O) groups is 1. The van der Waals surface area contributed by atoms with Crippen molar-refractivity contribution in [2.75, 3.05) is 18.4 Å². The highest BCUT2D eigenvalue weighted by molar-refractivity contribution is 5.95. The standard InChI is InChI=1S/C29H30N6O/c1-19(23-11-9-22(15-30)10-12-23)16-31-18-26(24-7-5-4-6-8-24)29(36)33-27-14-13-25(17-32-27)28-20(2)34-35-21(28)3/h4-14,17,19,26,31H,16,18H2,1-3H3,(H,34,35)(H,32,33,36)/t19-,26?/m1/s1. The van der Waals surface area contributed by atoms with Crippen LogP contribution in [0.1, 0.15) is 46.8 Å². The summed E-state index contributed by atoms with van der Waals surface area (Å²) in [4.78, 5) is 17.8. The molecule has 3 N–H and O–H groups in total. The molecule has 0 bridgehead atoms. The van der Waals surface area contributed by atoms with Crippen LogP contribution in [0.25, 0.3) is 11.1 Å². The van der Waals surface area contributed by atoms with E-state index < -0.39 is 0 Å². The molecule has 0 radical (unpaired) electrons. The van der Waals surface area contributed by atoms with E-state index in [4.69, 9.17) is 5.26 Å². The summed E-state index contributed by atoms with van der Waals surface area (Å²) in [6.45, 7) is 7.25. The van der Waals surface area contributed by atoms with Crippen molar-refractivity contribution in [3.05, 3.63) is 101 Å². The zero-order valence-electron chi connectivity index (χ0n) is 20.7. The Balaban J connectivity index is 1.42. The van der Waals surface area contributed by atoms with Crippen LogP contribution in [0.15, 0.2) is 72.9 Å². The summed E-state index contributed by atoms with van der Waals surface area (Å²) >= 11 is 0. The van der Waals surface area contributed by atoms with Gasteiger partial charge in [-0.15, -0.1) is 0 Å². The number of nitrogens with zero attached hydrogens (tertiary/aromatic N) is 3. The molecule has 1 unspecified atom stereocenters. The molecule has 0 spiro atoms. The highest BCUT2D eigenvalue weighted by Gasteiger charge is 2.21. The van der Waals surface area contributed by atoms with Gasteiger partial charge in [0.25, 0.3) is 0 Å². The average Bonchev–Trinajstić information content (AvgIpc) is 3.25. The molecule has 0 fully saturated rings. The average molecular weight is 479 g/mol. The number of aromatic amines is 1. The predicted octanol–water partition coefficient (Wildman–Crippen LogP) is 5.08. The molecule has 182 valence electrons. The molecule has 2 aromatic heterocycles. The normalized spacial score (nSPS) is 12.5. The van der Waals surface area contributed by atoms with Crippen molar-refractivity contribution in [3.8, 4) is 17.2 Å². The number of rotatable bonds is 9. The fourth-order valence-corrected chi connectivity index (χ4v) is 4.30. The van der Waals surface area contributed by atoms with E-state index in [1.54, 1.807) is 6.20 Å². The fraction of sp³-hybridized carbons (Fsp3) is 0.241. The smallest absolute Gasteiger partial charge is 0.234 e. The molecule has 2 heterocycles. The van der Waals surface area contributed by atoms with Gasteiger partial charge >= 0.3 is 0 Å². The van der Waals surface area contributed by atoms with E-state index in [9.17, 15) is 4.79 Å². The molecule has 0 saturated carbocycles. The summed E-state index contributed by atoms with van der Waals surface area (Å²) in [6, 6.07) is 23.3. The Morgan fingerprint density at radius 2 is 1.75 bits per heavy atom. The van der Waals surface area contributed by atoms with Gasteiger partial charge in [0, 0.05) is 36.1 Å². The number of nitrogens with one attached hydrogen (secondary N) is 3. The molecule has 2 atom stereocenters. The number of carbonyl (C=O) groups excluding carboxylic acids is 1. The lowest BCUT2D eigenvalue weighted by atomic mass is 9.96. The van der Waals surface area contributed by atoms with Crippen molar-refractivity contribution < 1.29 is 4.79 Å². The third-order valence-corrected chi connectivity index (χ3v) is 6.36. The highest BCUT2D eigenvalue weighted by Crippen LogP contribution is 2.26. The summed E-state index contributed by atoms with van der Waals surface area (Å²) < 4.78 is 0. The maximum atomic E-state index is 13.3. The first-order valence-corrected chi connectivity index (χ1v) is 12.0. The second kappa shape index (κ2) is 11.4. The first kappa shape index (κ1) is 24.8. The molecule has 2 aromatic carbocycles. The summed E-state index contributed by atoms with van der Waals surface area (Å²) in [5.41, 5.74) is 6.62. The Morgan fingerprint density at radius 3 is 2.36 bits per heavy atom. The predicted molar refractivity (Wildman–Crippen MR) is 142 cm³/mol. The molecule has 0 saturated heterocycles. The Morgan fingerprint density at radius 1 is 1.00 bits per heavy atom. The number of anilines is 1. The zero-order valence-corrected chi connectivity index (χ0v) is 20.7. The summed E-state index contributed by atoms with van der Waals surface area (Å²) in [5.74, 6) is 0.255. The van der Waals surface area contributed by atoms with Gasteiger partial charge in [0.15, 0.2) is 0 Å². The van der Waals surface area contributed by atoms with Gasteiger partial charge in [-0.1, -0.05) is 49.4 Å². The number of nitriles is 1. The Kier molecular flexibility index (Phi) is 7.89. The van der Waals surface area contributed by atoms with Gasteiger partial charge in [0.05, 0.1) is 23.2 Å². The van der Waals surface area contributed by atoms with Crippen LogP contribution in [0.3, 0.4) is 0 Å². The molecule has 0 aliphatic carbocycles. The monoisotopic (exact) mass is 478 g/mol. The van der Waals surface area contributed by atoms with Gasteiger partial charge in [-0.3, -0.25) is 9.89 Å². The van der Waals surface area contributed by atoms with Crippen molar-refractivity contribution >= 4 is 11.7 Å². The van der Waals surface area contributed by atoms with Gasteiger partial charge in [-0.25, -0.2) is 4.98 Å². The molecule has 4 aromatic rings. The Hall–Kier alpha value is -4.28. The lowest BCUT2D eigenvalue weighted by Crippen LogP contribution is -2.32. The van der Waals surface area contributed by atoms with Gasteiger partial charge < -0.3 is 10.6 Å². The second-order valence-corrected chi connectivity index (χ2v) is 8.99. The largest absolute Gasteiger partial charge is 0.315 e. The number of amides is 1. The SMILES string of the molecule is Cc1n[nH]c(C)c1-c1ccc(NC(=O)C(CNC[C@@H](C)c2ccc(C#N)cc2)c2ccccc2)nc1. The second-order valence-electron chi connectivity index (χ2n) is 8.99. The molecule has 4 rings (SSSR count). The van der Waals surface area contributed by atoms with Gasteiger partial charge in [0.1, 0.15) is 5.82 Å². The van der Waals surface area contributed by atoms with Crippen molar-refractivity contribution in [1.82, 2.24) is 20.5 Å². The minimum absolute atomic E-state index is 0.115. The zero-order chi connectivity index (χ0) is 25.5. The summed E-state index contributed by atoms with van der Waals surface area (Å²) in [5, 5.41) is 22.7. The quantitative estimate of drug-likeness (QED) is 0.311. The number of aromatic nitrogens is 3.